The molecule has 0 aromatic rings. The van der Waals surface area contributed by atoms with Crippen LogP contribution in [0.1, 0.15) is 32.6 Å². The monoisotopic (exact) mass is 298 g/mol. The number of aliphatic carboxylic acids is 1. The van der Waals surface area contributed by atoms with E-state index in [4.69, 9.17) is 4.74 Å². The van der Waals surface area contributed by atoms with Crippen LogP contribution < -0.4 is 0 Å². The van der Waals surface area contributed by atoms with Crippen molar-refractivity contribution in [2.75, 3.05) is 39.9 Å². The first-order chi connectivity index (χ1) is 9.98. The zero-order valence-electron chi connectivity index (χ0n) is 13.0. The highest BCUT2D eigenvalue weighted by Gasteiger charge is 2.45. The van der Waals surface area contributed by atoms with Gasteiger partial charge >= 0.3 is 12.0 Å². The largest absolute Gasteiger partial charge is 0.481 e. The van der Waals surface area contributed by atoms with Crippen LogP contribution in [0, 0.1) is 11.3 Å². The molecule has 1 aliphatic heterocycles. The Morgan fingerprint density at radius 3 is 2.67 bits per heavy atom. The van der Waals surface area contributed by atoms with Crippen molar-refractivity contribution in [2.24, 2.45) is 11.3 Å². The van der Waals surface area contributed by atoms with Crippen LogP contribution in [-0.2, 0) is 9.53 Å². The lowest BCUT2D eigenvalue weighted by Gasteiger charge is -2.27. The standard InChI is InChI=1S/C15H26N2O4/c1-3-15(13(18)19)6-7-17(11-15)14(20)16(2)8-9-21-10-12-4-5-12/h12H,3-11H2,1-2H3,(H,18,19). The summed E-state index contributed by atoms with van der Waals surface area (Å²) in [6.45, 7) is 4.59. The summed E-state index contributed by atoms with van der Waals surface area (Å²) in [4.78, 5) is 27.0. The van der Waals surface area contributed by atoms with E-state index < -0.39 is 11.4 Å². The predicted molar refractivity (Wildman–Crippen MR) is 78.1 cm³/mol. The molecule has 21 heavy (non-hydrogen) atoms. The van der Waals surface area contributed by atoms with Crippen LogP contribution in [0.25, 0.3) is 0 Å². The van der Waals surface area contributed by atoms with Crippen LogP contribution in [0.4, 0.5) is 4.79 Å². The van der Waals surface area contributed by atoms with E-state index in [9.17, 15) is 14.7 Å². The van der Waals surface area contributed by atoms with E-state index in [0.717, 1.165) is 12.5 Å². The molecule has 1 heterocycles. The number of likely N-dealkylation sites (tertiary alicyclic amines) is 1. The summed E-state index contributed by atoms with van der Waals surface area (Å²) in [5, 5.41) is 9.36. The number of ether oxygens (including phenoxy) is 1. The minimum atomic E-state index is -0.796. The van der Waals surface area contributed by atoms with Crippen molar-refractivity contribution in [1.82, 2.24) is 9.80 Å². The lowest BCUT2D eigenvalue weighted by molar-refractivity contribution is -0.148. The molecule has 2 aliphatic rings. The minimum Gasteiger partial charge on any atom is -0.481 e. The van der Waals surface area contributed by atoms with Crippen molar-refractivity contribution in [3.63, 3.8) is 0 Å². The van der Waals surface area contributed by atoms with Gasteiger partial charge in [0.15, 0.2) is 0 Å². The van der Waals surface area contributed by atoms with E-state index in [2.05, 4.69) is 0 Å². The molecular formula is C15H26N2O4. The number of likely N-dealkylation sites (N-methyl/N-ethyl adjacent to an activating group) is 1. The molecule has 0 radical (unpaired) electrons. The summed E-state index contributed by atoms with van der Waals surface area (Å²) in [5.41, 5.74) is -0.765. The second-order valence-corrected chi connectivity index (χ2v) is 6.33. The number of carbonyl (C=O) groups is 2. The van der Waals surface area contributed by atoms with Gasteiger partial charge in [0.25, 0.3) is 0 Å². The summed E-state index contributed by atoms with van der Waals surface area (Å²) in [7, 11) is 1.75. The molecule has 2 rings (SSSR count). The van der Waals surface area contributed by atoms with Crippen molar-refractivity contribution in [2.45, 2.75) is 32.6 Å². The number of rotatable bonds is 7. The minimum absolute atomic E-state index is 0.0957. The van der Waals surface area contributed by atoms with Gasteiger partial charge in [-0.2, -0.15) is 0 Å². The first-order valence-electron chi connectivity index (χ1n) is 7.79. The number of carboxylic acids is 1. The van der Waals surface area contributed by atoms with Crippen molar-refractivity contribution < 1.29 is 19.4 Å². The number of urea groups is 1. The van der Waals surface area contributed by atoms with Crippen LogP contribution in [0.3, 0.4) is 0 Å². The summed E-state index contributed by atoms with van der Waals surface area (Å²) >= 11 is 0. The molecule has 0 bridgehead atoms. The van der Waals surface area contributed by atoms with Gasteiger partial charge in [-0.1, -0.05) is 6.92 Å². The molecule has 0 aromatic heterocycles. The SMILES string of the molecule is CCC1(C(=O)O)CCN(C(=O)N(C)CCOCC2CC2)C1. The summed E-state index contributed by atoms with van der Waals surface area (Å²) < 4.78 is 5.53. The van der Waals surface area contributed by atoms with E-state index >= 15 is 0 Å². The fourth-order valence-corrected chi connectivity index (χ4v) is 2.72. The molecule has 2 fully saturated rings. The highest BCUT2D eigenvalue weighted by molar-refractivity contribution is 5.79. The third-order valence-electron chi connectivity index (χ3n) is 4.70. The zero-order valence-corrected chi connectivity index (χ0v) is 13.0. The molecular weight excluding hydrogens is 272 g/mol. The quantitative estimate of drug-likeness (QED) is 0.726. The number of hydrogen-bond acceptors (Lipinski definition) is 3. The number of hydrogen-bond donors (Lipinski definition) is 1. The average Bonchev–Trinajstić information content (AvgIpc) is 3.18. The Morgan fingerprint density at radius 1 is 1.43 bits per heavy atom. The zero-order chi connectivity index (χ0) is 15.5. The van der Waals surface area contributed by atoms with E-state index in [1.807, 2.05) is 6.92 Å². The van der Waals surface area contributed by atoms with Gasteiger partial charge in [0.2, 0.25) is 0 Å². The molecule has 0 aromatic carbocycles. The van der Waals surface area contributed by atoms with E-state index in [0.29, 0.717) is 39.1 Å². The van der Waals surface area contributed by atoms with Crippen LogP contribution in [0.2, 0.25) is 0 Å². The molecule has 6 nitrogen and oxygen atoms in total. The van der Waals surface area contributed by atoms with Gasteiger partial charge in [0.05, 0.1) is 12.0 Å². The maximum atomic E-state index is 12.3. The Bertz CT molecular complexity index is 397. The average molecular weight is 298 g/mol. The van der Waals surface area contributed by atoms with Crippen LogP contribution in [0.15, 0.2) is 0 Å². The maximum absolute atomic E-state index is 12.3. The van der Waals surface area contributed by atoms with Gasteiger partial charge in [-0.05, 0) is 31.6 Å². The van der Waals surface area contributed by atoms with Gasteiger partial charge in [0.1, 0.15) is 0 Å². The molecule has 1 aliphatic carbocycles. The molecule has 1 N–H and O–H groups in total. The van der Waals surface area contributed by atoms with Gasteiger partial charge in [-0.3, -0.25) is 4.79 Å². The van der Waals surface area contributed by atoms with Crippen LogP contribution in [-0.4, -0.2) is 66.8 Å². The van der Waals surface area contributed by atoms with E-state index in [1.54, 1.807) is 16.8 Å². The van der Waals surface area contributed by atoms with Crippen molar-refractivity contribution in [3.05, 3.63) is 0 Å². The third-order valence-corrected chi connectivity index (χ3v) is 4.70. The number of carbonyl (C=O) groups excluding carboxylic acids is 1. The van der Waals surface area contributed by atoms with Gasteiger partial charge < -0.3 is 19.6 Å². The topological polar surface area (TPSA) is 70.1 Å². The Balaban J connectivity index is 1.75. The third kappa shape index (κ3) is 3.87. The highest BCUT2D eigenvalue weighted by Crippen LogP contribution is 2.34. The molecule has 120 valence electrons. The molecule has 1 saturated carbocycles. The molecule has 6 heteroatoms. The van der Waals surface area contributed by atoms with Gasteiger partial charge in [0, 0.05) is 33.3 Å². The second-order valence-electron chi connectivity index (χ2n) is 6.33. The predicted octanol–water partition coefficient (Wildman–Crippen LogP) is 1.65. The number of carboxylic acid groups (broad SMARTS) is 1. The molecule has 1 saturated heterocycles. The van der Waals surface area contributed by atoms with Crippen molar-refractivity contribution in [1.29, 1.82) is 0 Å². The Morgan fingerprint density at radius 2 is 2.14 bits per heavy atom. The Kier molecular flexibility index (Phi) is 5.08. The van der Waals surface area contributed by atoms with Crippen molar-refractivity contribution >= 4 is 12.0 Å². The fraction of sp³-hybridized carbons (Fsp3) is 0.867. The smallest absolute Gasteiger partial charge is 0.319 e. The molecule has 1 unspecified atom stereocenters. The molecule has 2 amide bonds. The van der Waals surface area contributed by atoms with E-state index in [1.165, 1.54) is 12.8 Å². The summed E-state index contributed by atoms with van der Waals surface area (Å²) in [6.07, 6.45) is 3.62. The number of amides is 2. The lowest BCUT2D eigenvalue weighted by Crippen LogP contribution is -2.43. The summed E-state index contributed by atoms with van der Waals surface area (Å²) in [5.74, 6) is -0.0685. The maximum Gasteiger partial charge on any atom is 0.319 e. The van der Waals surface area contributed by atoms with Gasteiger partial charge in [-0.15, -0.1) is 0 Å². The number of nitrogens with zero attached hydrogens (tertiary/aromatic N) is 2. The second kappa shape index (κ2) is 6.64. The van der Waals surface area contributed by atoms with Crippen LogP contribution in [0.5, 0.6) is 0 Å². The normalized spacial score (nSPS) is 25.1. The first-order valence-corrected chi connectivity index (χ1v) is 7.79. The Labute approximate surface area is 126 Å². The Hall–Kier alpha value is -1.30. The summed E-state index contributed by atoms with van der Waals surface area (Å²) in [6, 6.07) is -0.0957. The van der Waals surface area contributed by atoms with Gasteiger partial charge in [-0.25, -0.2) is 4.79 Å². The lowest BCUT2D eigenvalue weighted by atomic mass is 9.84. The van der Waals surface area contributed by atoms with E-state index in [-0.39, 0.29) is 6.03 Å². The van der Waals surface area contributed by atoms with Crippen LogP contribution >= 0.6 is 0 Å². The molecule has 1 atom stereocenters. The first kappa shape index (κ1) is 16.1. The van der Waals surface area contributed by atoms with Crippen molar-refractivity contribution in [3.8, 4) is 0 Å². The molecule has 0 spiro atoms. The highest BCUT2D eigenvalue weighted by atomic mass is 16.5. The fourth-order valence-electron chi connectivity index (χ4n) is 2.72.